The minimum atomic E-state index is -5.15. The third-order valence-corrected chi connectivity index (χ3v) is 9.31. The molecule has 0 aliphatic carbocycles. The second-order valence-electron chi connectivity index (χ2n) is 10.8. The number of para-hydroxylation sites is 2. The number of methoxy groups -OCH3 is 2. The van der Waals surface area contributed by atoms with Crippen molar-refractivity contribution < 1.29 is 105 Å². The van der Waals surface area contributed by atoms with Crippen molar-refractivity contribution in [2.24, 2.45) is 20.5 Å². The summed E-state index contributed by atoms with van der Waals surface area (Å²) < 4.78 is 84.0. The number of phenolic OH excluding ortho intramolecular Hbond substituents is 2. The van der Waals surface area contributed by atoms with Crippen LogP contribution in [0.5, 0.6) is 23.0 Å². The second-order valence-corrected chi connectivity index (χ2v) is 13.5. The third-order valence-electron chi connectivity index (χ3n) is 7.62. The fourth-order valence-corrected chi connectivity index (χ4v) is 6.52. The molecule has 0 spiro atoms. The maximum absolute atomic E-state index is 12.3. The van der Waals surface area contributed by atoms with Crippen molar-refractivity contribution in [2.75, 3.05) is 19.5 Å². The fourth-order valence-electron chi connectivity index (χ4n) is 5.23. The van der Waals surface area contributed by atoms with Gasteiger partial charge in [-0.1, -0.05) is 24.3 Å². The standard InChI is InChI=1S/C34H27N5O10S2.2Na/c1-48-27-9-5-3-7-25(27)36-38-31-29(50(42,43)44)17-19-15-21(11-13-23(19)33(31)40)35-22-12-14-24-20(16-22)18-30(51(45,46)47)32(34(24)41)39-37-26-8-4-6-10-28(26)49-2;;/h3-18,35,40-41H,1-2H3,(H,42,43,44)(H,45,46,47);;/q;2*+1/p-2. The number of nitrogens with one attached hydrogen (secondary N) is 1. The summed E-state index contributed by atoms with van der Waals surface area (Å²) in [5.74, 6) is -0.543. The number of rotatable bonds is 10. The molecule has 0 unspecified atom stereocenters. The third kappa shape index (κ3) is 8.98. The number of hydrogen-bond donors (Lipinski definition) is 3. The summed E-state index contributed by atoms with van der Waals surface area (Å²) in [6.45, 7) is 0. The van der Waals surface area contributed by atoms with Crippen LogP contribution in [-0.2, 0) is 20.2 Å². The predicted octanol–water partition coefficient (Wildman–Crippen LogP) is 1.81. The van der Waals surface area contributed by atoms with Crippen molar-refractivity contribution in [1.82, 2.24) is 0 Å². The Kier molecular flexibility index (Phi) is 13.3. The molecule has 0 fully saturated rings. The summed E-state index contributed by atoms with van der Waals surface area (Å²) in [6, 6.07) is 24.0. The van der Waals surface area contributed by atoms with Crippen LogP contribution < -0.4 is 73.9 Å². The van der Waals surface area contributed by atoms with Crippen LogP contribution in [0.2, 0.25) is 0 Å². The van der Waals surface area contributed by atoms with Gasteiger partial charge in [0.05, 0.1) is 24.0 Å². The Bertz CT molecular complexity index is 2460. The topological polar surface area (TPSA) is 235 Å². The van der Waals surface area contributed by atoms with E-state index >= 15 is 0 Å². The van der Waals surface area contributed by atoms with E-state index in [9.17, 15) is 36.2 Å². The number of azo groups is 2. The maximum Gasteiger partial charge on any atom is 1.00 e. The number of benzene rings is 6. The smallest absolute Gasteiger partial charge is 0.744 e. The Labute approximate surface area is 347 Å². The minimum Gasteiger partial charge on any atom is -0.744 e. The van der Waals surface area contributed by atoms with Crippen molar-refractivity contribution >= 4 is 75.9 Å². The largest absolute Gasteiger partial charge is 1.00 e. The van der Waals surface area contributed by atoms with Crippen molar-refractivity contribution in [3.63, 3.8) is 0 Å². The summed E-state index contributed by atoms with van der Waals surface area (Å²) in [4.78, 5) is -1.62. The van der Waals surface area contributed by atoms with Crippen molar-refractivity contribution in [1.29, 1.82) is 0 Å². The van der Waals surface area contributed by atoms with Gasteiger partial charge < -0.3 is 34.1 Å². The normalized spacial score (nSPS) is 11.8. The van der Waals surface area contributed by atoms with Gasteiger partial charge in [-0.05, 0) is 83.6 Å². The number of phenols is 2. The molecule has 0 radical (unpaired) electrons. The Morgan fingerprint density at radius 1 is 0.566 bits per heavy atom. The SMILES string of the molecule is COc1ccccc1N=Nc1c(S(=O)(=O)[O-])cc2cc(Nc3ccc4c(O)c(N=Nc5ccccc5OC)c(S(=O)(=O)[O-])cc4c3)ccc2c1O.[Na+].[Na+]. The fraction of sp³-hybridized carbons (Fsp3) is 0.0588. The van der Waals surface area contributed by atoms with E-state index in [0.717, 1.165) is 12.1 Å². The predicted molar refractivity (Wildman–Crippen MR) is 185 cm³/mol. The number of hydrogen-bond acceptors (Lipinski definition) is 15. The molecule has 0 aliphatic heterocycles. The van der Waals surface area contributed by atoms with Crippen molar-refractivity contribution in [2.45, 2.75) is 9.79 Å². The van der Waals surface area contributed by atoms with Gasteiger partial charge in [0.2, 0.25) is 0 Å². The van der Waals surface area contributed by atoms with Gasteiger partial charge >= 0.3 is 59.1 Å². The van der Waals surface area contributed by atoms with Crippen molar-refractivity contribution in [3.05, 3.63) is 97.1 Å². The maximum atomic E-state index is 12.3. The molecular weight excluding hydrogens is 749 g/mol. The van der Waals surface area contributed by atoms with Crippen LogP contribution in [0.25, 0.3) is 21.5 Å². The molecule has 0 amide bonds. The van der Waals surface area contributed by atoms with Gasteiger partial charge in [-0.3, -0.25) is 0 Å². The zero-order valence-electron chi connectivity index (χ0n) is 28.5. The van der Waals surface area contributed by atoms with Crippen LogP contribution in [0.4, 0.5) is 34.1 Å². The molecule has 6 rings (SSSR count). The van der Waals surface area contributed by atoms with Gasteiger partial charge in [-0.2, -0.15) is 0 Å². The number of aromatic hydroxyl groups is 2. The molecular formula is C34H25N5Na2O10S2. The van der Waals surface area contributed by atoms with Gasteiger partial charge in [0, 0.05) is 22.1 Å². The van der Waals surface area contributed by atoms with E-state index in [1.54, 1.807) is 60.7 Å². The van der Waals surface area contributed by atoms with Crippen molar-refractivity contribution in [3.8, 4) is 23.0 Å². The van der Waals surface area contributed by atoms with E-state index in [1.807, 2.05) is 0 Å². The molecule has 0 heterocycles. The zero-order valence-corrected chi connectivity index (χ0v) is 34.1. The van der Waals surface area contributed by atoms with Crippen LogP contribution in [-0.4, -0.2) is 50.4 Å². The van der Waals surface area contributed by atoms with E-state index in [1.165, 1.54) is 38.5 Å². The average Bonchev–Trinajstić information content (AvgIpc) is 3.10. The van der Waals surface area contributed by atoms with Gasteiger partial charge in [-0.25, -0.2) is 16.8 Å². The molecule has 15 nitrogen and oxygen atoms in total. The second kappa shape index (κ2) is 16.9. The Balaban J connectivity index is 0.00000314. The zero-order chi connectivity index (χ0) is 36.5. The number of ether oxygens (including phenoxy) is 2. The van der Waals surface area contributed by atoms with Crippen LogP contribution in [0.3, 0.4) is 0 Å². The Hall–Kier alpha value is -4.14. The van der Waals surface area contributed by atoms with Crippen LogP contribution in [0, 0.1) is 0 Å². The molecule has 0 bridgehead atoms. The van der Waals surface area contributed by atoms with Gasteiger partial charge in [0.15, 0.2) is 11.5 Å². The molecule has 0 atom stereocenters. The van der Waals surface area contributed by atoms with E-state index in [-0.39, 0.29) is 92.0 Å². The quantitative estimate of drug-likeness (QED) is 0.103. The summed E-state index contributed by atoms with van der Waals surface area (Å²) in [5, 5.41) is 41.5. The molecule has 0 saturated heterocycles. The van der Waals surface area contributed by atoms with Gasteiger partial charge in [0.1, 0.15) is 54.5 Å². The van der Waals surface area contributed by atoms with Crippen LogP contribution >= 0.6 is 0 Å². The Morgan fingerprint density at radius 3 is 1.30 bits per heavy atom. The first-order valence-electron chi connectivity index (χ1n) is 14.7. The average molecular weight is 774 g/mol. The van der Waals surface area contributed by atoms with E-state index in [0.29, 0.717) is 22.9 Å². The number of anilines is 2. The number of nitrogens with zero attached hydrogens (tertiary/aromatic N) is 4. The van der Waals surface area contributed by atoms with E-state index in [4.69, 9.17) is 9.47 Å². The molecule has 0 saturated carbocycles. The minimum absolute atomic E-state index is 0. The first-order valence-corrected chi connectivity index (χ1v) is 17.5. The number of fused-ring (bicyclic) bond motifs is 2. The molecule has 19 heteroatoms. The van der Waals surface area contributed by atoms with Gasteiger partial charge in [0.25, 0.3) is 0 Å². The molecule has 0 aromatic heterocycles. The molecule has 53 heavy (non-hydrogen) atoms. The first kappa shape index (κ1) is 41.6. The molecule has 0 aliphatic rings. The molecule has 260 valence electrons. The van der Waals surface area contributed by atoms with E-state index in [2.05, 4.69) is 25.8 Å². The van der Waals surface area contributed by atoms with Crippen LogP contribution in [0.1, 0.15) is 0 Å². The van der Waals surface area contributed by atoms with Crippen LogP contribution in [0.15, 0.2) is 127 Å². The Morgan fingerprint density at radius 2 is 0.943 bits per heavy atom. The summed E-state index contributed by atoms with van der Waals surface area (Å²) in [6.07, 6.45) is 0. The molecule has 6 aromatic rings. The van der Waals surface area contributed by atoms with E-state index < -0.39 is 52.9 Å². The van der Waals surface area contributed by atoms with Gasteiger partial charge in [-0.15, -0.1) is 20.5 Å². The summed E-state index contributed by atoms with van der Waals surface area (Å²) >= 11 is 0. The molecule has 3 N–H and O–H groups in total. The first-order chi connectivity index (χ1) is 24.3. The monoisotopic (exact) mass is 773 g/mol. The summed E-state index contributed by atoms with van der Waals surface area (Å²) in [5.41, 5.74) is 0.0775. The summed E-state index contributed by atoms with van der Waals surface area (Å²) in [7, 11) is -7.47. The molecule has 6 aromatic carbocycles.